The second kappa shape index (κ2) is 7.64. The number of imidazole rings is 1. The molecule has 0 atom stereocenters. The molecule has 3 aromatic rings. The third kappa shape index (κ3) is 3.53. The molecular formula is C19H21FN4O2S. The lowest BCUT2D eigenvalue weighted by atomic mass is 9.95. The zero-order chi connectivity index (χ0) is 18.8. The Labute approximate surface area is 160 Å². The molecule has 0 amide bonds. The van der Waals surface area contributed by atoms with Crippen molar-refractivity contribution in [2.75, 3.05) is 12.4 Å². The van der Waals surface area contributed by atoms with E-state index in [-0.39, 0.29) is 12.4 Å². The minimum absolute atomic E-state index is 0.143. The number of halogens is 1. The summed E-state index contributed by atoms with van der Waals surface area (Å²) in [7, 11) is 1.37. The summed E-state index contributed by atoms with van der Waals surface area (Å²) in [6, 6.07) is 1.95. The molecule has 0 aliphatic heterocycles. The molecule has 6 nitrogen and oxygen atoms in total. The van der Waals surface area contributed by atoms with E-state index in [0.29, 0.717) is 17.3 Å². The van der Waals surface area contributed by atoms with Crippen LogP contribution in [0.1, 0.15) is 37.8 Å². The number of nitrogens with zero attached hydrogens (tertiary/aromatic N) is 3. The fraction of sp³-hybridized carbons (Fsp3) is 0.421. The van der Waals surface area contributed by atoms with Crippen LogP contribution in [0.4, 0.5) is 10.2 Å². The molecular weight excluding hydrogens is 367 g/mol. The van der Waals surface area contributed by atoms with Crippen molar-refractivity contribution in [3.8, 4) is 11.3 Å². The van der Waals surface area contributed by atoms with Crippen molar-refractivity contribution in [3.63, 3.8) is 0 Å². The van der Waals surface area contributed by atoms with Crippen LogP contribution in [-0.2, 0) is 16.0 Å². The maximum atomic E-state index is 14.4. The van der Waals surface area contributed by atoms with Gasteiger partial charge in [0.05, 0.1) is 19.7 Å². The Morgan fingerprint density at radius 1 is 1.41 bits per heavy atom. The number of methoxy groups -OCH3 is 1. The van der Waals surface area contributed by atoms with Gasteiger partial charge in [-0.05, 0) is 18.9 Å². The van der Waals surface area contributed by atoms with E-state index in [2.05, 4.69) is 15.3 Å². The van der Waals surface area contributed by atoms with Crippen LogP contribution in [0.5, 0.6) is 0 Å². The molecule has 0 unspecified atom stereocenters. The lowest BCUT2D eigenvalue weighted by molar-refractivity contribution is -0.139. The number of aromatic nitrogens is 3. The van der Waals surface area contributed by atoms with Crippen LogP contribution in [0, 0.1) is 5.82 Å². The number of carbonyl (C=O) groups is 1. The summed E-state index contributed by atoms with van der Waals surface area (Å²) >= 11 is 1.43. The molecule has 1 aliphatic carbocycles. The van der Waals surface area contributed by atoms with Gasteiger partial charge >= 0.3 is 5.97 Å². The van der Waals surface area contributed by atoms with E-state index in [1.165, 1.54) is 43.9 Å². The van der Waals surface area contributed by atoms with Crippen molar-refractivity contribution in [1.29, 1.82) is 0 Å². The number of hydrogen-bond acceptors (Lipinski definition) is 6. The average Bonchev–Trinajstić information content (AvgIpc) is 3.23. The van der Waals surface area contributed by atoms with Gasteiger partial charge < -0.3 is 10.1 Å². The van der Waals surface area contributed by atoms with E-state index in [9.17, 15) is 9.18 Å². The molecule has 1 fully saturated rings. The summed E-state index contributed by atoms with van der Waals surface area (Å²) in [6.07, 6.45) is 8.65. The number of esters is 1. The standard InChI is InChI=1S/C19H21FN4O2S/c1-26-16(25)9-13-11-27-19-23-17(14-7-8-21-10-15(14)20)18(24(13)19)22-12-5-3-2-4-6-12/h7-8,10-12,22H,2-6,9H2,1H3. The Bertz CT molecular complexity index is 962. The number of anilines is 1. The van der Waals surface area contributed by atoms with Crippen LogP contribution < -0.4 is 5.32 Å². The average molecular weight is 388 g/mol. The molecule has 1 saturated carbocycles. The second-order valence-corrected chi connectivity index (χ2v) is 7.58. The maximum Gasteiger partial charge on any atom is 0.311 e. The number of ether oxygens (including phenoxy) is 1. The zero-order valence-electron chi connectivity index (χ0n) is 15.1. The third-order valence-corrected chi connectivity index (χ3v) is 5.84. The predicted molar refractivity (Wildman–Crippen MR) is 102 cm³/mol. The van der Waals surface area contributed by atoms with Crippen molar-refractivity contribution in [2.24, 2.45) is 0 Å². The molecule has 8 heteroatoms. The normalized spacial score (nSPS) is 15.2. The Morgan fingerprint density at radius 3 is 2.96 bits per heavy atom. The smallest absolute Gasteiger partial charge is 0.311 e. The van der Waals surface area contributed by atoms with E-state index in [1.807, 2.05) is 9.78 Å². The van der Waals surface area contributed by atoms with E-state index in [4.69, 9.17) is 4.74 Å². The highest BCUT2D eigenvalue weighted by molar-refractivity contribution is 7.15. The fourth-order valence-electron chi connectivity index (χ4n) is 3.59. The number of carbonyl (C=O) groups excluding carboxylic acids is 1. The van der Waals surface area contributed by atoms with Crippen molar-refractivity contribution in [1.82, 2.24) is 14.4 Å². The van der Waals surface area contributed by atoms with Crippen LogP contribution in [-0.4, -0.2) is 33.5 Å². The molecule has 3 heterocycles. The van der Waals surface area contributed by atoms with Crippen molar-refractivity contribution in [2.45, 2.75) is 44.6 Å². The minimum Gasteiger partial charge on any atom is -0.469 e. The number of pyridine rings is 1. The summed E-state index contributed by atoms with van der Waals surface area (Å²) in [5, 5.41) is 5.48. The van der Waals surface area contributed by atoms with Gasteiger partial charge in [0.25, 0.3) is 0 Å². The zero-order valence-corrected chi connectivity index (χ0v) is 15.9. The third-order valence-electron chi connectivity index (χ3n) is 4.96. The van der Waals surface area contributed by atoms with E-state index < -0.39 is 5.82 Å². The molecule has 142 valence electrons. The van der Waals surface area contributed by atoms with Gasteiger partial charge in [-0.15, -0.1) is 11.3 Å². The maximum absolute atomic E-state index is 14.4. The predicted octanol–water partition coefficient (Wildman–Crippen LogP) is 4.06. The number of nitrogens with one attached hydrogen (secondary N) is 1. The highest BCUT2D eigenvalue weighted by Gasteiger charge is 2.24. The highest BCUT2D eigenvalue weighted by atomic mass is 32.1. The van der Waals surface area contributed by atoms with Gasteiger partial charge in [-0.2, -0.15) is 0 Å². The Hall–Kier alpha value is -2.48. The topological polar surface area (TPSA) is 68.5 Å². The summed E-state index contributed by atoms with van der Waals surface area (Å²) in [5.74, 6) is 0.00952. The first-order valence-electron chi connectivity index (χ1n) is 9.09. The van der Waals surface area contributed by atoms with E-state index in [1.54, 1.807) is 12.3 Å². The monoisotopic (exact) mass is 388 g/mol. The van der Waals surface area contributed by atoms with Gasteiger partial charge in [-0.1, -0.05) is 19.3 Å². The first kappa shape index (κ1) is 17.9. The molecule has 3 aromatic heterocycles. The van der Waals surface area contributed by atoms with Crippen molar-refractivity contribution in [3.05, 3.63) is 35.4 Å². The summed E-state index contributed by atoms with van der Waals surface area (Å²) in [4.78, 5) is 21.0. The second-order valence-electron chi connectivity index (χ2n) is 6.74. The van der Waals surface area contributed by atoms with Crippen LogP contribution in [0.3, 0.4) is 0 Å². The van der Waals surface area contributed by atoms with E-state index >= 15 is 0 Å². The molecule has 0 aromatic carbocycles. The van der Waals surface area contributed by atoms with Crippen LogP contribution in [0.15, 0.2) is 23.8 Å². The molecule has 0 radical (unpaired) electrons. The molecule has 0 saturated heterocycles. The van der Waals surface area contributed by atoms with Crippen LogP contribution in [0.25, 0.3) is 16.2 Å². The lowest BCUT2D eigenvalue weighted by Gasteiger charge is -2.24. The van der Waals surface area contributed by atoms with Crippen molar-refractivity contribution >= 4 is 28.1 Å². The first-order valence-corrected chi connectivity index (χ1v) is 9.97. The molecule has 1 N–H and O–H groups in total. The van der Waals surface area contributed by atoms with Crippen molar-refractivity contribution < 1.29 is 13.9 Å². The van der Waals surface area contributed by atoms with Gasteiger partial charge in [0, 0.05) is 28.9 Å². The minimum atomic E-state index is -0.413. The molecule has 1 aliphatic rings. The largest absolute Gasteiger partial charge is 0.469 e. The fourth-order valence-corrected chi connectivity index (χ4v) is 4.48. The van der Waals surface area contributed by atoms with Gasteiger partial charge in [0.15, 0.2) is 10.8 Å². The number of thiazole rings is 1. The molecule has 4 rings (SSSR count). The molecule has 27 heavy (non-hydrogen) atoms. The van der Waals surface area contributed by atoms with Crippen LogP contribution >= 0.6 is 11.3 Å². The Balaban J connectivity index is 1.82. The number of fused-ring (bicyclic) bond motifs is 1. The van der Waals surface area contributed by atoms with Gasteiger partial charge in [-0.3, -0.25) is 14.2 Å². The molecule has 0 bridgehead atoms. The lowest BCUT2D eigenvalue weighted by Crippen LogP contribution is -2.23. The summed E-state index contributed by atoms with van der Waals surface area (Å²) < 4.78 is 21.2. The van der Waals surface area contributed by atoms with Gasteiger partial charge in [0.2, 0.25) is 0 Å². The van der Waals surface area contributed by atoms with Gasteiger partial charge in [0.1, 0.15) is 11.5 Å². The van der Waals surface area contributed by atoms with Gasteiger partial charge in [-0.25, -0.2) is 9.37 Å². The number of hydrogen-bond donors (Lipinski definition) is 1. The Kier molecular flexibility index (Phi) is 5.07. The Morgan fingerprint density at radius 2 is 2.22 bits per heavy atom. The SMILES string of the molecule is COC(=O)Cc1csc2nc(-c3ccncc3F)c(NC3CCCCC3)n12. The summed E-state index contributed by atoms with van der Waals surface area (Å²) in [6.45, 7) is 0. The van der Waals surface area contributed by atoms with E-state index in [0.717, 1.165) is 29.3 Å². The van der Waals surface area contributed by atoms with Crippen LogP contribution in [0.2, 0.25) is 0 Å². The number of rotatable bonds is 5. The quantitative estimate of drug-likeness (QED) is 0.668. The summed E-state index contributed by atoms with van der Waals surface area (Å²) in [5.41, 5.74) is 1.75. The first-order chi connectivity index (χ1) is 13.2. The highest BCUT2D eigenvalue weighted by Crippen LogP contribution is 2.35. The molecule has 0 spiro atoms.